The number of nitrogens with one attached hydrogen (secondary N) is 1. The largest absolute Gasteiger partial charge is 0.314 e. The van der Waals surface area contributed by atoms with Crippen LogP contribution in [0, 0.1) is 0 Å². The average Bonchev–Trinajstić information content (AvgIpc) is 2.85. The first kappa shape index (κ1) is 16.6. The highest BCUT2D eigenvalue weighted by molar-refractivity contribution is 9.10. The molecule has 22 heavy (non-hydrogen) atoms. The van der Waals surface area contributed by atoms with Gasteiger partial charge in [0, 0.05) is 16.7 Å². The number of rotatable bonds is 5. The highest BCUT2D eigenvalue weighted by atomic mass is 79.9. The number of benzene rings is 1. The molecule has 0 aliphatic rings. The number of hydrogen-bond acceptors (Lipinski definition) is 3. The first-order valence-corrected chi connectivity index (χ1v) is 7.26. The third-order valence-electron chi connectivity index (χ3n) is 3.12. The second kappa shape index (κ2) is 6.53. The van der Waals surface area contributed by atoms with Gasteiger partial charge in [-0.1, -0.05) is 28.1 Å². The number of nitrogens with zero attached hydrogens (tertiary/aromatic N) is 2. The van der Waals surface area contributed by atoms with E-state index < -0.39 is 24.4 Å². The number of carbonyl (C=O) groups is 1. The Bertz CT molecular complexity index is 655. The first-order chi connectivity index (χ1) is 10.3. The number of amides is 1. The van der Waals surface area contributed by atoms with E-state index in [1.165, 1.54) is 12.3 Å². The van der Waals surface area contributed by atoms with E-state index in [-0.39, 0.29) is 5.82 Å². The van der Waals surface area contributed by atoms with Gasteiger partial charge in [0.05, 0.1) is 0 Å². The number of nitrogens with two attached hydrogens (primary N) is 1. The maximum atomic E-state index is 12.3. The lowest BCUT2D eigenvalue weighted by molar-refractivity contribution is -0.120. The van der Waals surface area contributed by atoms with Crippen molar-refractivity contribution in [3.63, 3.8) is 0 Å². The van der Waals surface area contributed by atoms with E-state index in [2.05, 4.69) is 26.3 Å². The highest BCUT2D eigenvalue weighted by Gasteiger charge is 2.31. The zero-order valence-corrected chi connectivity index (χ0v) is 13.3. The molecule has 1 heterocycles. The predicted octanol–water partition coefficient (Wildman–Crippen LogP) is 2.72. The lowest BCUT2D eigenvalue weighted by Gasteiger charge is -2.23. The summed E-state index contributed by atoms with van der Waals surface area (Å²) in [5.74, 6) is -0.295. The van der Waals surface area contributed by atoms with Crippen molar-refractivity contribution < 1.29 is 13.6 Å². The van der Waals surface area contributed by atoms with E-state index in [1.807, 2.05) is 0 Å². The molecule has 0 fully saturated rings. The molecular formula is C14H15BrF2N4O. The second-order valence-corrected chi connectivity index (χ2v) is 5.89. The Morgan fingerprint density at radius 3 is 2.64 bits per heavy atom. The monoisotopic (exact) mass is 372 g/mol. The van der Waals surface area contributed by atoms with Crippen LogP contribution in [0.4, 0.5) is 14.6 Å². The van der Waals surface area contributed by atoms with Crippen LogP contribution in [0.25, 0.3) is 0 Å². The molecule has 8 heteroatoms. The number of hydrogen-bond donors (Lipinski definition) is 2. The van der Waals surface area contributed by atoms with Crippen molar-refractivity contribution in [1.82, 2.24) is 9.78 Å². The molecule has 0 aliphatic heterocycles. The molecule has 118 valence electrons. The first-order valence-electron chi connectivity index (χ1n) is 6.47. The minimum absolute atomic E-state index is 0.180. The van der Waals surface area contributed by atoms with Crippen LogP contribution < -0.4 is 11.1 Å². The molecule has 1 unspecified atom stereocenters. The second-order valence-electron chi connectivity index (χ2n) is 4.98. The lowest BCUT2D eigenvalue weighted by Crippen LogP contribution is -2.45. The molecule has 0 bridgehead atoms. The quantitative estimate of drug-likeness (QED) is 0.847. The van der Waals surface area contributed by atoms with Gasteiger partial charge in [0.2, 0.25) is 5.91 Å². The zero-order valence-electron chi connectivity index (χ0n) is 11.8. The number of aromatic nitrogens is 2. The van der Waals surface area contributed by atoms with E-state index in [4.69, 9.17) is 5.73 Å². The molecule has 0 radical (unpaired) electrons. The number of alkyl halides is 2. The Morgan fingerprint density at radius 2 is 2.05 bits per heavy atom. The van der Waals surface area contributed by atoms with Gasteiger partial charge in [-0.25, -0.2) is 8.78 Å². The van der Waals surface area contributed by atoms with E-state index in [9.17, 15) is 13.6 Å². The number of anilines is 1. The molecule has 3 N–H and O–H groups in total. The van der Waals surface area contributed by atoms with E-state index >= 15 is 0 Å². The fourth-order valence-corrected chi connectivity index (χ4v) is 2.11. The summed E-state index contributed by atoms with van der Waals surface area (Å²) in [4.78, 5) is 12.3. The molecule has 0 saturated heterocycles. The maximum absolute atomic E-state index is 12.3. The van der Waals surface area contributed by atoms with Crippen LogP contribution >= 0.6 is 15.9 Å². The molecule has 0 saturated carbocycles. The van der Waals surface area contributed by atoms with Crippen molar-refractivity contribution in [2.45, 2.75) is 25.4 Å². The van der Waals surface area contributed by atoms with Crippen LogP contribution in [-0.4, -0.2) is 22.1 Å². The lowest BCUT2D eigenvalue weighted by atomic mass is 9.92. The minimum Gasteiger partial charge on any atom is -0.314 e. The van der Waals surface area contributed by atoms with Gasteiger partial charge in [0.25, 0.3) is 6.43 Å². The summed E-state index contributed by atoms with van der Waals surface area (Å²) in [6.07, 6.45) is -1.14. The van der Waals surface area contributed by atoms with Gasteiger partial charge in [0.1, 0.15) is 12.1 Å². The van der Waals surface area contributed by atoms with E-state index in [0.717, 1.165) is 9.15 Å². The van der Waals surface area contributed by atoms with Gasteiger partial charge < -0.3 is 11.1 Å². The molecule has 1 aromatic heterocycles. The SMILES string of the molecule is CC(N)(C(=O)Nc1ccn(CC(F)F)n1)c1ccc(Br)cc1. The fraction of sp³-hybridized carbons (Fsp3) is 0.286. The van der Waals surface area contributed by atoms with Crippen molar-refractivity contribution in [2.75, 3.05) is 5.32 Å². The van der Waals surface area contributed by atoms with Crippen molar-refractivity contribution in [2.24, 2.45) is 5.73 Å². The molecule has 1 atom stereocenters. The van der Waals surface area contributed by atoms with Crippen LogP contribution in [0.3, 0.4) is 0 Å². The van der Waals surface area contributed by atoms with E-state index in [0.29, 0.717) is 5.56 Å². The van der Waals surface area contributed by atoms with Crippen molar-refractivity contribution in [3.8, 4) is 0 Å². The average molecular weight is 373 g/mol. The summed E-state index contributed by atoms with van der Waals surface area (Å²) >= 11 is 3.31. The topological polar surface area (TPSA) is 72.9 Å². The summed E-state index contributed by atoms with van der Waals surface area (Å²) in [6.45, 7) is 1.05. The van der Waals surface area contributed by atoms with Gasteiger partial charge in [-0.2, -0.15) is 5.10 Å². The standard InChI is InChI=1S/C14H15BrF2N4O/c1-14(18,9-2-4-10(15)5-3-9)13(22)19-12-6-7-21(20-12)8-11(16)17/h2-7,11H,8,18H2,1H3,(H,19,20,22). The Balaban J connectivity index is 2.10. The minimum atomic E-state index is -2.51. The summed E-state index contributed by atoms with van der Waals surface area (Å²) < 4.78 is 26.5. The molecule has 0 spiro atoms. The van der Waals surface area contributed by atoms with Gasteiger partial charge in [-0.3, -0.25) is 9.48 Å². The Labute approximate surface area is 134 Å². The smallest absolute Gasteiger partial charge is 0.257 e. The van der Waals surface area contributed by atoms with E-state index in [1.54, 1.807) is 31.2 Å². The van der Waals surface area contributed by atoms with Crippen LogP contribution in [0.15, 0.2) is 41.0 Å². The summed E-state index contributed by atoms with van der Waals surface area (Å²) in [6, 6.07) is 8.48. The molecule has 0 aliphatic carbocycles. The number of halogens is 3. The number of carbonyl (C=O) groups excluding carboxylic acids is 1. The summed E-state index contributed by atoms with van der Waals surface area (Å²) in [7, 11) is 0. The Hall–Kier alpha value is -1.80. The molecule has 2 aromatic rings. The molecule has 2 rings (SSSR count). The van der Waals surface area contributed by atoms with Gasteiger partial charge in [-0.15, -0.1) is 0 Å². The normalized spacial score (nSPS) is 13.9. The predicted molar refractivity (Wildman–Crippen MR) is 82.5 cm³/mol. The van der Waals surface area contributed by atoms with Gasteiger partial charge in [-0.05, 0) is 24.6 Å². The highest BCUT2D eigenvalue weighted by Crippen LogP contribution is 2.22. The summed E-state index contributed by atoms with van der Waals surface area (Å²) in [5.41, 5.74) is 5.44. The Kier molecular flexibility index (Phi) is 4.92. The Morgan fingerprint density at radius 1 is 1.41 bits per heavy atom. The third kappa shape index (κ3) is 3.89. The van der Waals surface area contributed by atoms with Crippen molar-refractivity contribution in [3.05, 3.63) is 46.6 Å². The van der Waals surface area contributed by atoms with Crippen LogP contribution in [0.2, 0.25) is 0 Å². The van der Waals surface area contributed by atoms with Crippen molar-refractivity contribution >= 4 is 27.7 Å². The summed E-state index contributed by atoms with van der Waals surface area (Å²) in [5, 5.41) is 6.39. The molecular weight excluding hydrogens is 358 g/mol. The molecule has 1 amide bonds. The van der Waals surface area contributed by atoms with Gasteiger partial charge >= 0.3 is 0 Å². The van der Waals surface area contributed by atoms with Crippen LogP contribution in [0.5, 0.6) is 0 Å². The van der Waals surface area contributed by atoms with Gasteiger partial charge in [0.15, 0.2) is 5.82 Å². The maximum Gasteiger partial charge on any atom is 0.257 e. The van der Waals surface area contributed by atoms with Crippen molar-refractivity contribution in [1.29, 1.82) is 0 Å². The molecule has 1 aromatic carbocycles. The molecule has 5 nitrogen and oxygen atoms in total. The van der Waals surface area contributed by atoms with Crippen LogP contribution in [0.1, 0.15) is 12.5 Å². The van der Waals surface area contributed by atoms with Crippen LogP contribution in [-0.2, 0) is 16.9 Å². The third-order valence-corrected chi connectivity index (χ3v) is 3.65. The fourth-order valence-electron chi connectivity index (χ4n) is 1.84. The zero-order chi connectivity index (χ0) is 16.3.